The molecule has 0 atom stereocenters. The zero-order valence-electron chi connectivity index (χ0n) is 9.99. The second-order valence-electron chi connectivity index (χ2n) is 4.20. The highest BCUT2D eigenvalue weighted by Gasteiger charge is 2.16. The van der Waals surface area contributed by atoms with Gasteiger partial charge in [0, 0.05) is 17.7 Å². The second-order valence-corrected chi connectivity index (χ2v) is 4.46. The molecule has 0 radical (unpaired) electrons. The van der Waals surface area contributed by atoms with E-state index in [0.717, 1.165) is 6.07 Å². The molecule has 6 heteroatoms. The van der Waals surface area contributed by atoms with Crippen LogP contribution in [0.15, 0.2) is 18.2 Å². The third kappa shape index (κ3) is 2.36. The van der Waals surface area contributed by atoms with Crippen molar-refractivity contribution in [3.05, 3.63) is 35.7 Å². The molecule has 1 aromatic heterocycles. The number of alkyl halides is 1. The van der Waals surface area contributed by atoms with Gasteiger partial charge in [-0.3, -0.25) is 0 Å². The maximum atomic E-state index is 13.2. The number of halogens is 3. The quantitative estimate of drug-likeness (QED) is 0.800. The van der Waals surface area contributed by atoms with Crippen LogP contribution in [-0.2, 0) is 5.88 Å². The topological polar surface area (TPSA) is 30.7 Å². The van der Waals surface area contributed by atoms with E-state index >= 15 is 0 Å². The van der Waals surface area contributed by atoms with Gasteiger partial charge in [0.25, 0.3) is 0 Å². The van der Waals surface area contributed by atoms with Gasteiger partial charge in [-0.25, -0.2) is 8.78 Å². The van der Waals surface area contributed by atoms with E-state index in [4.69, 9.17) is 11.6 Å². The third-order valence-electron chi connectivity index (χ3n) is 2.52. The molecule has 1 aromatic carbocycles. The molecule has 0 bridgehead atoms. The Hall–Kier alpha value is -1.49. The van der Waals surface area contributed by atoms with Crippen LogP contribution >= 0.6 is 11.6 Å². The molecule has 0 aliphatic carbocycles. The molecule has 0 spiro atoms. The van der Waals surface area contributed by atoms with E-state index in [1.54, 1.807) is 4.57 Å². The molecule has 2 rings (SSSR count). The SMILES string of the molecule is CC(C)n1c(CCl)nnc1-c1cc(F)cc(F)c1. The molecule has 18 heavy (non-hydrogen) atoms. The van der Waals surface area contributed by atoms with Gasteiger partial charge in [-0.15, -0.1) is 21.8 Å². The van der Waals surface area contributed by atoms with Crippen molar-refractivity contribution in [2.75, 3.05) is 0 Å². The van der Waals surface area contributed by atoms with E-state index < -0.39 is 11.6 Å². The molecule has 96 valence electrons. The van der Waals surface area contributed by atoms with Crippen molar-refractivity contribution in [1.82, 2.24) is 14.8 Å². The van der Waals surface area contributed by atoms with Crippen LogP contribution in [0.1, 0.15) is 25.7 Å². The van der Waals surface area contributed by atoms with Gasteiger partial charge in [-0.1, -0.05) is 0 Å². The molecule has 0 aliphatic rings. The Labute approximate surface area is 108 Å². The van der Waals surface area contributed by atoms with Crippen molar-refractivity contribution in [3.8, 4) is 11.4 Å². The maximum Gasteiger partial charge on any atom is 0.164 e. The first-order valence-electron chi connectivity index (χ1n) is 5.49. The first-order chi connectivity index (χ1) is 8.52. The molecular weight excluding hydrogens is 260 g/mol. The molecule has 0 unspecified atom stereocenters. The minimum atomic E-state index is -0.643. The number of nitrogens with zero attached hydrogens (tertiary/aromatic N) is 3. The summed E-state index contributed by atoms with van der Waals surface area (Å²) in [6.07, 6.45) is 0. The molecular formula is C12H12ClF2N3. The van der Waals surface area contributed by atoms with Gasteiger partial charge in [-0.05, 0) is 26.0 Å². The largest absolute Gasteiger partial charge is 0.307 e. The third-order valence-corrected chi connectivity index (χ3v) is 2.76. The number of hydrogen-bond donors (Lipinski definition) is 0. The van der Waals surface area contributed by atoms with Gasteiger partial charge in [0.15, 0.2) is 5.82 Å². The molecule has 3 nitrogen and oxygen atoms in total. The average molecular weight is 272 g/mol. The summed E-state index contributed by atoms with van der Waals surface area (Å²) in [5.74, 6) is -0.0972. The van der Waals surface area contributed by atoms with Crippen molar-refractivity contribution in [2.24, 2.45) is 0 Å². The van der Waals surface area contributed by atoms with Crippen molar-refractivity contribution in [2.45, 2.75) is 25.8 Å². The van der Waals surface area contributed by atoms with E-state index in [9.17, 15) is 8.78 Å². The van der Waals surface area contributed by atoms with Crippen molar-refractivity contribution < 1.29 is 8.78 Å². The lowest BCUT2D eigenvalue weighted by Crippen LogP contribution is -2.07. The van der Waals surface area contributed by atoms with Crippen molar-refractivity contribution in [1.29, 1.82) is 0 Å². The van der Waals surface area contributed by atoms with Crippen LogP contribution in [0.2, 0.25) is 0 Å². The van der Waals surface area contributed by atoms with Gasteiger partial charge < -0.3 is 4.57 Å². The van der Waals surface area contributed by atoms with Crippen LogP contribution in [-0.4, -0.2) is 14.8 Å². The van der Waals surface area contributed by atoms with E-state index in [0.29, 0.717) is 17.2 Å². The normalized spacial score (nSPS) is 11.2. The molecule has 0 fully saturated rings. The molecule has 0 N–H and O–H groups in total. The van der Waals surface area contributed by atoms with Crippen LogP contribution in [0.5, 0.6) is 0 Å². The highest BCUT2D eigenvalue weighted by Crippen LogP contribution is 2.24. The van der Waals surface area contributed by atoms with Crippen LogP contribution in [0.3, 0.4) is 0 Å². The summed E-state index contributed by atoms with van der Waals surface area (Å²) in [6.45, 7) is 3.86. The Morgan fingerprint density at radius 2 is 1.78 bits per heavy atom. The second kappa shape index (κ2) is 5.02. The van der Waals surface area contributed by atoms with Crippen molar-refractivity contribution >= 4 is 11.6 Å². The summed E-state index contributed by atoms with van der Waals surface area (Å²) in [4.78, 5) is 0. The Kier molecular flexibility index (Phi) is 3.61. The molecule has 0 saturated heterocycles. The summed E-state index contributed by atoms with van der Waals surface area (Å²) in [7, 11) is 0. The first-order valence-corrected chi connectivity index (χ1v) is 6.02. The Bertz CT molecular complexity index is 546. The fourth-order valence-corrected chi connectivity index (χ4v) is 2.02. The fraction of sp³-hybridized carbons (Fsp3) is 0.333. The van der Waals surface area contributed by atoms with Crippen LogP contribution in [0.4, 0.5) is 8.78 Å². The van der Waals surface area contributed by atoms with Crippen LogP contribution < -0.4 is 0 Å². The molecule has 0 saturated carbocycles. The Morgan fingerprint density at radius 3 is 2.28 bits per heavy atom. The maximum absolute atomic E-state index is 13.2. The van der Waals surface area contributed by atoms with Crippen molar-refractivity contribution in [3.63, 3.8) is 0 Å². The van der Waals surface area contributed by atoms with Gasteiger partial charge >= 0.3 is 0 Å². The van der Waals surface area contributed by atoms with Crippen LogP contribution in [0.25, 0.3) is 11.4 Å². The van der Waals surface area contributed by atoms with E-state index in [2.05, 4.69) is 10.2 Å². The predicted octanol–water partition coefficient (Wildman–Crippen LogP) is 3.54. The van der Waals surface area contributed by atoms with E-state index in [-0.39, 0.29) is 11.9 Å². The summed E-state index contributed by atoms with van der Waals surface area (Å²) < 4.78 is 28.2. The van der Waals surface area contributed by atoms with Crippen LogP contribution in [0, 0.1) is 11.6 Å². The number of hydrogen-bond acceptors (Lipinski definition) is 2. The summed E-state index contributed by atoms with van der Waals surface area (Å²) in [5, 5.41) is 7.88. The Morgan fingerprint density at radius 1 is 1.17 bits per heavy atom. The highest BCUT2D eigenvalue weighted by atomic mass is 35.5. The zero-order chi connectivity index (χ0) is 13.3. The number of benzene rings is 1. The molecule has 0 aliphatic heterocycles. The molecule has 0 amide bonds. The van der Waals surface area contributed by atoms with Gasteiger partial charge in [0.2, 0.25) is 0 Å². The summed E-state index contributed by atoms with van der Waals surface area (Å²) >= 11 is 5.77. The smallest absolute Gasteiger partial charge is 0.164 e. The Balaban J connectivity index is 2.60. The number of aromatic nitrogens is 3. The lowest BCUT2D eigenvalue weighted by molar-refractivity contribution is 0.575. The summed E-state index contributed by atoms with van der Waals surface area (Å²) in [6, 6.07) is 3.32. The minimum Gasteiger partial charge on any atom is -0.307 e. The predicted molar refractivity (Wildman–Crippen MR) is 65.3 cm³/mol. The molecule has 1 heterocycles. The highest BCUT2D eigenvalue weighted by molar-refractivity contribution is 6.16. The lowest BCUT2D eigenvalue weighted by Gasteiger charge is -2.13. The standard InChI is InChI=1S/C12H12ClF2N3/c1-7(2)18-11(6-13)16-17-12(18)8-3-9(14)5-10(15)4-8/h3-5,7H,6H2,1-2H3. The lowest BCUT2D eigenvalue weighted by atomic mass is 10.2. The van der Waals surface area contributed by atoms with Gasteiger partial charge in [0.1, 0.15) is 17.5 Å². The van der Waals surface area contributed by atoms with Gasteiger partial charge in [0.05, 0.1) is 5.88 Å². The van der Waals surface area contributed by atoms with E-state index in [1.165, 1.54) is 12.1 Å². The zero-order valence-corrected chi connectivity index (χ0v) is 10.7. The average Bonchev–Trinajstić information content (AvgIpc) is 2.71. The molecule has 2 aromatic rings. The monoisotopic (exact) mass is 271 g/mol. The number of rotatable bonds is 3. The van der Waals surface area contributed by atoms with Gasteiger partial charge in [-0.2, -0.15) is 0 Å². The minimum absolute atomic E-state index is 0.0510. The fourth-order valence-electron chi connectivity index (χ4n) is 1.84. The first kappa shape index (κ1) is 13.0. The van der Waals surface area contributed by atoms with E-state index in [1.807, 2.05) is 13.8 Å². The summed E-state index contributed by atoms with van der Waals surface area (Å²) in [5.41, 5.74) is 0.352.